The van der Waals surface area contributed by atoms with Gasteiger partial charge in [0.2, 0.25) is 0 Å². The summed E-state index contributed by atoms with van der Waals surface area (Å²) in [6.45, 7) is 8.00. The maximum absolute atomic E-state index is 3.69. The van der Waals surface area contributed by atoms with Crippen LogP contribution < -0.4 is 0 Å². The maximum Gasteiger partial charge on any atom is 0 e. The molecule has 0 aliphatic carbocycles. The second-order valence-electron chi connectivity index (χ2n) is 1.68. The van der Waals surface area contributed by atoms with E-state index in [1.54, 1.807) is 0 Å². The van der Waals surface area contributed by atoms with Gasteiger partial charge in [0.1, 0.15) is 0 Å². The maximum atomic E-state index is 3.69. The normalized spacial score (nSPS) is 8.00. The quantitative estimate of drug-likeness (QED) is 0.679. The van der Waals surface area contributed by atoms with Crippen LogP contribution in [0, 0.1) is 12.8 Å². The second kappa shape index (κ2) is 5.69. The van der Waals surface area contributed by atoms with Crippen LogP contribution in [0.4, 0.5) is 0 Å². The summed E-state index contributed by atoms with van der Waals surface area (Å²) in [5.74, 6) is 0.773. The Balaban J connectivity index is 0. The third-order valence-corrected chi connectivity index (χ3v) is 0.577. The first-order valence-corrected chi connectivity index (χ1v) is 2.06. The van der Waals surface area contributed by atoms with E-state index in [4.69, 9.17) is 0 Å². The smallest absolute Gasteiger partial charge is 0 e. The van der Waals surface area contributed by atoms with E-state index in [1.807, 2.05) is 0 Å². The largest absolute Gasteiger partial charge is 0.0628 e. The molecule has 0 aromatic heterocycles. The molecular weight excluding hydrogens is 255 g/mol. The molecule has 6 heavy (non-hydrogen) atoms. The molecule has 0 rings (SSSR count). The summed E-state index contributed by atoms with van der Waals surface area (Å²) in [4.78, 5) is 0. The predicted molar refractivity (Wildman–Crippen MR) is 24.8 cm³/mol. The summed E-state index contributed by atoms with van der Waals surface area (Å²) in [5, 5.41) is 0. The third-order valence-electron chi connectivity index (χ3n) is 0.577. The minimum atomic E-state index is 0. The molecule has 1 radical (unpaired) electrons. The Morgan fingerprint density at radius 3 is 1.67 bits per heavy atom. The fourth-order valence-electron chi connectivity index (χ4n) is 0. The zero-order valence-electron chi connectivity index (χ0n) is 4.31. The van der Waals surface area contributed by atoms with Crippen LogP contribution in [-0.2, 0) is 21.1 Å². The van der Waals surface area contributed by atoms with Gasteiger partial charge in [0, 0.05) is 21.1 Å². The van der Waals surface area contributed by atoms with E-state index < -0.39 is 0 Å². The average molecular weight is 266 g/mol. The summed E-state index contributed by atoms with van der Waals surface area (Å²) >= 11 is 0. The van der Waals surface area contributed by atoms with E-state index in [9.17, 15) is 0 Å². The van der Waals surface area contributed by atoms with Crippen molar-refractivity contribution in [3.05, 3.63) is 6.92 Å². The van der Waals surface area contributed by atoms with Gasteiger partial charge in [-0.1, -0.05) is 27.2 Å². The van der Waals surface area contributed by atoms with Gasteiger partial charge in [-0.2, -0.15) is 0 Å². The van der Waals surface area contributed by atoms with Crippen molar-refractivity contribution in [3.63, 3.8) is 0 Å². The topological polar surface area (TPSA) is 0 Å². The molecule has 1 heteroatoms. The van der Waals surface area contributed by atoms with Gasteiger partial charge in [-0.25, -0.2) is 0 Å². The van der Waals surface area contributed by atoms with Gasteiger partial charge in [0.15, 0.2) is 0 Å². The first kappa shape index (κ1) is 9.85. The first-order valence-electron chi connectivity index (χ1n) is 2.06. The Hall–Kier alpha value is 0.688. The fourth-order valence-corrected chi connectivity index (χ4v) is 0. The first-order chi connectivity index (χ1) is 2.27. The van der Waals surface area contributed by atoms with E-state index >= 15 is 0 Å². The van der Waals surface area contributed by atoms with E-state index in [-0.39, 0.29) is 21.1 Å². The Bertz CT molecular complexity index is 17.9. The molecule has 0 aliphatic heterocycles. The van der Waals surface area contributed by atoms with Crippen molar-refractivity contribution in [3.8, 4) is 0 Å². The molecule has 0 spiro atoms. The van der Waals surface area contributed by atoms with Gasteiger partial charge in [-0.05, 0) is 5.92 Å². The third kappa shape index (κ3) is 8.82. The van der Waals surface area contributed by atoms with Crippen molar-refractivity contribution in [1.29, 1.82) is 0 Å². The summed E-state index contributed by atoms with van der Waals surface area (Å²) in [6, 6.07) is 0. The Labute approximate surface area is 54.6 Å². The van der Waals surface area contributed by atoms with Crippen molar-refractivity contribution in [2.45, 2.75) is 20.3 Å². The Kier molecular flexibility index (Phi) is 9.33. The average Bonchev–Trinajstić information content (AvgIpc) is 1.38. The van der Waals surface area contributed by atoms with Crippen LogP contribution in [0.3, 0.4) is 0 Å². The van der Waals surface area contributed by atoms with E-state index in [2.05, 4.69) is 20.8 Å². The molecule has 0 heterocycles. The van der Waals surface area contributed by atoms with E-state index in [0.29, 0.717) is 0 Å². The minimum absolute atomic E-state index is 0. The summed E-state index contributed by atoms with van der Waals surface area (Å²) < 4.78 is 0. The van der Waals surface area contributed by atoms with Crippen LogP contribution in [0.1, 0.15) is 20.3 Å². The fraction of sp³-hybridized carbons (Fsp3) is 0.800. The molecule has 0 nitrogen and oxygen atoms in total. The SMILES string of the molecule is [CH2]CC(C)C.[Pt]. The van der Waals surface area contributed by atoms with E-state index in [1.165, 1.54) is 0 Å². The molecule has 0 aliphatic rings. The van der Waals surface area contributed by atoms with Crippen molar-refractivity contribution < 1.29 is 21.1 Å². The number of hydrogen-bond acceptors (Lipinski definition) is 0. The number of hydrogen-bond donors (Lipinski definition) is 0. The van der Waals surface area contributed by atoms with Crippen LogP contribution in [0.2, 0.25) is 0 Å². The standard InChI is InChI=1S/C5H11.Pt/c1-4-5(2)3;/h5H,1,4H2,2-3H3;. The molecule has 41 valence electrons. The van der Waals surface area contributed by atoms with Crippen LogP contribution in [0.25, 0.3) is 0 Å². The van der Waals surface area contributed by atoms with E-state index in [0.717, 1.165) is 12.3 Å². The zero-order valence-corrected chi connectivity index (χ0v) is 6.58. The van der Waals surface area contributed by atoms with Crippen molar-refractivity contribution >= 4 is 0 Å². The molecule has 0 amide bonds. The summed E-state index contributed by atoms with van der Waals surface area (Å²) in [6.07, 6.45) is 1.06. The van der Waals surface area contributed by atoms with Gasteiger partial charge < -0.3 is 0 Å². The molecule has 0 unspecified atom stereocenters. The molecule has 0 fully saturated rings. The minimum Gasteiger partial charge on any atom is -0.0628 e. The molecule has 0 aromatic rings. The van der Waals surface area contributed by atoms with Crippen LogP contribution >= 0.6 is 0 Å². The van der Waals surface area contributed by atoms with Gasteiger partial charge in [0.05, 0.1) is 0 Å². The summed E-state index contributed by atoms with van der Waals surface area (Å²) in [5.41, 5.74) is 0. The molecular formula is C5H11Pt. The predicted octanol–water partition coefficient (Wildman–Crippen LogP) is 1.86. The van der Waals surface area contributed by atoms with Crippen molar-refractivity contribution in [1.82, 2.24) is 0 Å². The molecule has 0 saturated carbocycles. The Morgan fingerprint density at radius 2 is 1.67 bits per heavy atom. The molecule has 0 aromatic carbocycles. The molecule has 0 atom stereocenters. The molecule has 0 N–H and O–H groups in total. The second-order valence-corrected chi connectivity index (χ2v) is 1.68. The van der Waals surface area contributed by atoms with Gasteiger partial charge >= 0.3 is 0 Å². The monoisotopic (exact) mass is 266 g/mol. The molecule has 0 saturated heterocycles. The Morgan fingerprint density at radius 1 is 1.50 bits per heavy atom. The van der Waals surface area contributed by atoms with Gasteiger partial charge in [0.25, 0.3) is 0 Å². The van der Waals surface area contributed by atoms with Gasteiger partial charge in [-0.3, -0.25) is 0 Å². The van der Waals surface area contributed by atoms with Crippen molar-refractivity contribution in [2.24, 2.45) is 5.92 Å². The van der Waals surface area contributed by atoms with Crippen LogP contribution in [-0.4, -0.2) is 0 Å². The van der Waals surface area contributed by atoms with Crippen molar-refractivity contribution in [2.75, 3.05) is 0 Å². The number of rotatable bonds is 1. The zero-order chi connectivity index (χ0) is 4.28. The summed E-state index contributed by atoms with van der Waals surface area (Å²) in [7, 11) is 0. The van der Waals surface area contributed by atoms with Crippen LogP contribution in [0.15, 0.2) is 0 Å². The van der Waals surface area contributed by atoms with Gasteiger partial charge in [-0.15, -0.1) is 0 Å². The van der Waals surface area contributed by atoms with Crippen LogP contribution in [0.5, 0.6) is 0 Å². The molecule has 0 bridgehead atoms.